The Balaban J connectivity index is 1.51. The number of nitrogens with zero attached hydrogens (tertiary/aromatic N) is 4. The first-order valence-corrected chi connectivity index (χ1v) is 10.9. The molecule has 4 rings (SSSR count). The van der Waals surface area contributed by atoms with Gasteiger partial charge in [0.15, 0.2) is 0 Å². The highest BCUT2D eigenvalue weighted by molar-refractivity contribution is 7.99. The summed E-state index contributed by atoms with van der Waals surface area (Å²) < 4.78 is 0. The van der Waals surface area contributed by atoms with Gasteiger partial charge in [-0.25, -0.2) is 0 Å². The van der Waals surface area contributed by atoms with E-state index in [9.17, 15) is 9.59 Å². The minimum absolute atomic E-state index is 0.120. The lowest BCUT2D eigenvalue weighted by Gasteiger charge is -2.20. The third kappa shape index (κ3) is 4.01. The van der Waals surface area contributed by atoms with Gasteiger partial charge in [0.05, 0.1) is 29.6 Å². The van der Waals surface area contributed by atoms with Crippen LogP contribution in [0.15, 0.2) is 30.5 Å². The fraction of sp³-hybridized carbons (Fsp3) is 0.429. The number of benzene rings is 1. The van der Waals surface area contributed by atoms with Gasteiger partial charge in [-0.15, -0.1) is 11.8 Å². The van der Waals surface area contributed by atoms with E-state index in [-0.39, 0.29) is 18.4 Å². The molecule has 0 saturated carbocycles. The monoisotopic (exact) mass is 409 g/mol. The van der Waals surface area contributed by atoms with E-state index in [1.807, 2.05) is 18.2 Å². The predicted molar refractivity (Wildman–Crippen MR) is 114 cm³/mol. The molecule has 0 bridgehead atoms. The lowest BCUT2D eigenvalue weighted by molar-refractivity contribution is -0.129. The van der Waals surface area contributed by atoms with Crippen LogP contribution in [0.25, 0.3) is 10.9 Å². The van der Waals surface area contributed by atoms with Crippen molar-refractivity contribution in [2.75, 3.05) is 36.2 Å². The largest absolute Gasteiger partial charge is 0.371 e. The molecule has 0 aliphatic carbocycles. The quantitative estimate of drug-likeness (QED) is 0.833. The molecule has 2 amide bonds. The Hall–Kier alpha value is -2.79. The van der Waals surface area contributed by atoms with E-state index in [1.165, 1.54) is 11.3 Å². The summed E-state index contributed by atoms with van der Waals surface area (Å²) in [6.07, 6.45) is 2.78. The zero-order valence-electron chi connectivity index (χ0n) is 16.3. The van der Waals surface area contributed by atoms with Crippen LogP contribution in [0, 0.1) is 17.2 Å². The van der Waals surface area contributed by atoms with Gasteiger partial charge < -0.3 is 15.1 Å². The van der Waals surface area contributed by atoms with E-state index in [2.05, 4.69) is 28.2 Å². The number of carbonyl (C=O) groups is 2. The summed E-state index contributed by atoms with van der Waals surface area (Å²) in [4.78, 5) is 33.4. The molecule has 0 radical (unpaired) electrons. The van der Waals surface area contributed by atoms with Crippen molar-refractivity contribution >= 4 is 40.2 Å². The summed E-state index contributed by atoms with van der Waals surface area (Å²) in [6.45, 7) is 4.14. The van der Waals surface area contributed by atoms with Gasteiger partial charge in [0.25, 0.3) is 5.91 Å². The first-order valence-electron chi connectivity index (χ1n) is 9.75. The Bertz CT molecular complexity index is 989. The number of hydrogen-bond acceptors (Lipinski definition) is 6. The Morgan fingerprint density at radius 3 is 3.00 bits per heavy atom. The summed E-state index contributed by atoms with van der Waals surface area (Å²) in [5.41, 5.74) is 2.34. The van der Waals surface area contributed by atoms with Crippen LogP contribution in [0.5, 0.6) is 0 Å². The number of nitriles is 1. The fourth-order valence-corrected chi connectivity index (χ4v) is 4.95. The average Bonchev–Trinajstić information content (AvgIpc) is 3.39. The van der Waals surface area contributed by atoms with Gasteiger partial charge in [-0.2, -0.15) is 5.26 Å². The third-order valence-electron chi connectivity index (χ3n) is 5.51. The summed E-state index contributed by atoms with van der Waals surface area (Å²) in [5, 5.41) is 12.6. The van der Waals surface area contributed by atoms with Gasteiger partial charge in [-0.3, -0.25) is 14.6 Å². The number of fused-ring (bicyclic) bond motifs is 1. The molecule has 7 nitrogen and oxygen atoms in total. The van der Waals surface area contributed by atoms with Gasteiger partial charge in [0.2, 0.25) is 5.91 Å². The van der Waals surface area contributed by atoms with E-state index < -0.39 is 6.04 Å². The average molecular weight is 410 g/mol. The van der Waals surface area contributed by atoms with Crippen LogP contribution in [-0.4, -0.2) is 59.0 Å². The van der Waals surface area contributed by atoms with Crippen LogP contribution in [0.4, 0.5) is 5.69 Å². The Morgan fingerprint density at radius 2 is 2.24 bits per heavy atom. The van der Waals surface area contributed by atoms with E-state index in [0.29, 0.717) is 23.1 Å². The summed E-state index contributed by atoms with van der Waals surface area (Å²) in [6, 6.07) is 9.40. The predicted octanol–water partition coefficient (Wildman–Crippen LogP) is 2.24. The van der Waals surface area contributed by atoms with Gasteiger partial charge >= 0.3 is 0 Å². The SMILES string of the molecule is C[C@H]1CCN(c2ccc3nccc(C(=O)NCC(=O)N4CSC[C@H]4C#N)c3c2)C1. The van der Waals surface area contributed by atoms with E-state index in [0.717, 1.165) is 29.7 Å². The Labute approximate surface area is 174 Å². The zero-order chi connectivity index (χ0) is 20.4. The molecule has 8 heteroatoms. The first kappa shape index (κ1) is 19.5. The molecule has 150 valence electrons. The normalized spacial score (nSPS) is 21.4. The molecule has 1 N–H and O–H groups in total. The second-order valence-corrected chi connectivity index (χ2v) is 8.59. The number of thioether (sulfide) groups is 1. The molecule has 2 fully saturated rings. The number of nitrogens with one attached hydrogen (secondary N) is 1. The molecule has 2 aliphatic rings. The molecule has 0 unspecified atom stereocenters. The molecule has 29 heavy (non-hydrogen) atoms. The van der Waals surface area contributed by atoms with E-state index in [4.69, 9.17) is 5.26 Å². The molecular formula is C21H23N5O2S. The molecular weight excluding hydrogens is 386 g/mol. The lowest BCUT2D eigenvalue weighted by Crippen LogP contribution is -2.42. The van der Waals surface area contributed by atoms with E-state index >= 15 is 0 Å². The number of anilines is 1. The van der Waals surface area contributed by atoms with Crippen LogP contribution in [0.1, 0.15) is 23.7 Å². The third-order valence-corrected chi connectivity index (χ3v) is 6.52. The van der Waals surface area contributed by atoms with Crippen LogP contribution in [0.3, 0.4) is 0 Å². The van der Waals surface area contributed by atoms with Crippen molar-refractivity contribution in [1.82, 2.24) is 15.2 Å². The van der Waals surface area contributed by atoms with Crippen molar-refractivity contribution in [2.24, 2.45) is 5.92 Å². The second kappa shape index (κ2) is 8.29. The number of rotatable bonds is 4. The number of amides is 2. The van der Waals surface area contributed by atoms with Crippen LogP contribution in [-0.2, 0) is 4.79 Å². The van der Waals surface area contributed by atoms with Crippen molar-refractivity contribution < 1.29 is 9.59 Å². The number of carbonyl (C=O) groups excluding carboxylic acids is 2. The topological polar surface area (TPSA) is 89.3 Å². The summed E-state index contributed by atoms with van der Waals surface area (Å²) in [5.74, 6) is 1.22. The van der Waals surface area contributed by atoms with Gasteiger partial charge in [-0.05, 0) is 36.6 Å². The molecule has 2 saturated heterocycles. The maximum Gasteiger partial charge on any atom is 0.252 e. The van der Waals surface area contributed by atoms with Crippen molar-refractivity contribution in [1.29, 1.82) is 5.26 Å². The molecule has 0 spiro atoms. The van der Waals surface area contributed by atoms with Crippen LogP contribution < -0.4 is 10.2 Å². The van der Waals surface area contributed by atoms with Crippen molar-refractivity contribution in [3.05, 3.63) is 36.0 Å². The smallest absolute Gasteiger partial charge is 0.252 e. The van der Waals surface area contributed by atoms with Crippen LogP contribution >= 0.6 is 11.8 Å². The zero-order valence-corrected chi connectivity index (χ0v) is 17.1. The van der Waals surface area contributed by atoms with E-state index in [1.54, 1.807) is 24.0 Å². The highest BCUT2D eigenvalue weighted by Crippen LogP contribution is 2.28. The Morgan fingerprint density at radius 1 is 1.38 bits per heavy atom. The highest BCUT2D eigenvalue weighted by Gasteiger charge is 2.29. The van der Waals surface area contributed by atoms with Gasteiger partial charge in [0.1, 0.15) is 6.04 Å². The second-order valence-electron chi connectivity index (χ2n) is 7.59. The van der Waals surface area contributed by atoms with Gasteiger partial charge in [0, 0.05) is 36.1 Å². The molecule has 2 aromatic rings. The molecule has 3 heterocycles. The highest BCUT2D eigenvalue weighted by atomic mass is 32.2. The maximum atomic E-state index is 12.8. The van der Waals surface area contributed by atoms with Crippen molar-refractivity contribution in [3.63, 3.8) is 0 Å². The van der Waals surface area contributed by atoms with Gasteiger partial charge in [-0.1, -0.05) is 6.92 Å². The maximum absolute atomic E-state index is 12.8. The number of pyridine rings is 1. The molecule has 2 atom stereocenters. The summed E-state index contributed by atoms with van der Waals surface area (Å²) >= 11 is 1.55. The van der Waals surface area contributed by atoms with Crippen molar-refractivity contribution in [3.8, 4) is 6.07 Å². The standard InChI is InChI=1S/C21H23N5O2S/c1-14-5-7-25(11-14)15-2-3-19-18(8-15)17(4-6-23-19)21(28)24-10-20(27)26-13-29-12-16(26)9-22/h2-4,6,8,14,16H,5,7,10-13H2,1H3,(H,24,28)/t14-,16+/m0/s1. The lowest BCUT2D eigenvalue weighted by atomic mass is 10.1. The summed E-state index contributed by atoms with van der Waals surface area (Å²) in [7, 11) is 0. The molecule has 2 aliphatic heterocycles. The molecule has 1 aromatic carbocycles. The molecule has 1 aromatic heterocycles. The first-order chi connectivity index (χ1) is 14.1. The van der Waals surface area contributed by atoms with Crippen molar-refractivity contribution in [2.45, 2.75) is 19.4 Å². The fourth-order valence-electron chi connectivity index (χ4n) is 3.85. The number of aromatic nitrogens is 1. The minimum atomic E-state index is -0.420. The minimum Gasteiger partial charge on any atom is -0.371 e. The van der Waals surface area contributed by atoms with Crippen LogP contribution in [0.2, 0.25) is 0 Å². The number of hydrogen-bond donors (Lipinski definition) is 1. The Kier molecular flexibility index (Phi) is 5.58.